The van der Waals surface area contributed by atoms with Crippen molar-refractivity contribution in [2.75, 3.05) is 0 Å². The number of carbonyl (C=O) groups excluding carboxylic acids is 1. The maximum Gasteiger partial charge on any atom is 0.305 e. The molecule has 1 aromatic carbocycles. The van der Waals surface area contributed by atoms with Gasteiger partial charge in [-0.3, -0.25) is 19.7 Å². The van der Waals surface area contributed by atoms with Gasteiger partial charge in [-0.05, 0) is 12.5 Å². The van der Waals surface area contributed by atoms with Crippen LogP contribution >= 0.6 is 0 Å². The minimum atomic E-state index is -1.17. The van der Waals surface area contributed by atoms with Crippen LogP contribution in [-0.2, 0) is 16.1 Å². The van der Waals surface area contributed by atoms with Gasteiger partial charge in [-0.25, -0.2) is 0 Å². The van der Waals surface area contributed by atoms with Gasteiger partial charge in [0.15, 0.2) is 0 Å². The van der Waals surface area contributed by atoms with Crippen molar-refractivity contribution < 1.29 is 19.6 Å². The minimum Gasteiger partial charge on any atom is -0.481 e. The highest BCUT2D eigenvalue weighted by Crippen LogP contribution is 2.20. The van der Waals surface area contributed by atoms with E-state index in [1.54, 1.807) is 13.0 Å². The molecule has 0 aliphatic heterocycles. The van der Waals surface area contributed by atoms with E-state index < -0.39 is 29.3 Å². The Hall–Kier alpha value is -2.48. The van der Waals surface area contributed by atoms with Crippen LogP contribution < -0.4 is 11.1 Å². The molecule has 0 bridgehead atoms. The second kappa shape index (κ2) is 6.62. The minimum absolute atomic E-state index is 0.0356. The number of carboxylic acids is 1. The van der Waals surface area contributed by atoms with E-state index in [0.717, 1.165) is 0 Å². The fraction of sp³-hybridized carbons (Fsp3) is 0.333. The first-order chi connectivity index (χ1) is 9.32. The summed E-state index contributed by atoms with van der Waals surface area (Å²) in [5, 5.41) is 21.8. The van der Waals surface area contributed by atoms with Crippen LogP contribution in [0.1, 0.15) is 17.5 Å². The molecule has 8 heteroatoms. The van der Waals surface area contributed by atoms with Crippen molar-refractivity contribution in [3.05, 3.63) is 39.4 Å². The third-order valence-corrected chi connectivity index (χ3v) is 2.80. The number of nitro benzene ring substituents is 1. The fourth-order valence-corrected chi connectivity index (χ4v) is 1.65. The van der Waals surface area contributed by atoms with E-state index >= 15 is 0 Å². The van der Waals surface area contributed by atoms with Crippen molar-refractivity contribution in [3.63, 3.8) is 0 Å². The molecule has 4 N–H and O–H groups in total. The topological polar surface area (TPSA) is 136 Å². The second-order valence-corrected chi connectivity index (χ2v) is 4.24. The van der Waals surface area contributed by atoms with E-state index in [-0.39, 0.29) is 12.2 Å². The Morgan fingerprint density at radius 3 is 2.70 bits per heavy atom. The van der Waals surface area contributed by atoms with Crippen LogP contribution in [0.3, 0.4) is 0 Å². The molecule has 0 heterocycles. The molecule has 0 saturated heterocycles. The van der Waals surface area contributed by atoms with Gasteiger partial charge < -0.3 is 16.2 Å². The first-order valence-electron chi connectivity index (χ1n) is 5.81. The summed E-state index contributed by atoms with van der Waals surface area (Å²) in [6.07, 6.45) is -0.472. The van der Waals surface area contributed by atoms with E-state index in [2.05, 4.69) is 5.32 Å². The Morgan fingerprint density at radius 1 is 1.50 bits per heavy atom. The van der Waals surface area contributed by atoms with Gasteiger partial charge in [0, 0.05) is 18.2 Å². The number of rotatable bonds is 6. The van der Waals surface area contributed by atoms with Crippen LogP contribution in [0.15, 0.2) is 18.2 Å². The maximum absolute atomic E-state index is 11.5. The molecule has 1 unspecified atom stereocenters. The highest BCUT2D eigenvalue weighted by molar-refractivity contribution is 5.85. The van der Waals surface area contributed by atoms with E-state index in [9.17, 15) is 19.7 Å². The van der Waals surface area contributed by atoms with E-state index in [1.165, 1.54) is 12.1 Å². The molecule has 0 radical (unpaired) electrons. The number of aliphatic carboxylic acids is 1. The standard InChI is InChI=1S/C12H15N3O5/c1-7-8(3-2-4-10(7)15(19)20)6-14-12(18)9(13)5-11(16)17/h2-4,9H,5-6,13H2,1H3,(H,14,18)(H,16,17). The monoisotopic (exact) mass is 281 g/mol. The number of carboxylic acid groups (broad SMARTS) is 1. The highest BCUT2D eigenvalue weighted by atomic mass is 16.6. The first kappa shape index (κ1) is 15.6. The molecule has 0 saturated carbocycles. The Morgan fingerprint density at radius 2 is 2.15 bits per heavy atom. The zero-order chi connectivity index (χ0) is 15.3. The van der Waals surface area contributed by atoms with Crippen molar-refractivity contribution in [1.29, 1.82) is 0 Å². The quantitative estimate of drug-likeness (QED) is 0.507. The number of nitro groups is 1. The zero-order valence-electron chi connectivity index (χ0n) is 10.8. The molecule has 1 aromatic rings. The summed E-state index contributed by atoms with van der Waals surface area (Å²) in [6.45, 7) is 1.64. The van der Waals surface area contributed by atoms with Crippen molar-refractivity contribution in [1.82, 2.24) is 5.32 Å². The highest BCUT2D eigenvalue weighted by Gasteiger charge is 2.18. The van der Waals surface area contributed by atoms with Crippen LogP contribution in [-0.4, -0.2) is 27.9 Å². The Kier molecular flexibility index (Phi) is 5.15. The van der Waals surface area contributed by atoms with Gasteiger partial charge in [-0.1, -0.05) is 12.1 Å². The predicted molar refractivity (Wildman–Crippen MR) is 69.9 cm³/mol. The third kappa shape index (κ3) is 4.02. The molecule has 1 rings (SSSR count). The Bertz CT molecular complexity index is 544. The molecule has 108 valence electrons. The number of hydrogen-bond acceptors (Lipinski definition) is 5. The zero-order valence-corrected chi connectivity index (χ0v) is 10.8. The molecule has 20 heavy (non-hydrogen) atoms. The second-order valence-electron chi connectivity index (χ2n) is 4.24. The van der Waals surface area contributed by atoms with Crippen molar-refractivity contribution >= 4 is 17.6 Å². The molecular weight excluding hydrogens is 266 g/mol. The number of nitrogens with zero attached hydrogens (tertiary/aromatic N) is 1. The SMILES string of the molecule is Cc1c(CNC(=O)C(N)CC(=O)O)cccc1[N+](=O)[O-]. The van der Waals surface area contributed by atoms with Gasteiger partial charge in [0.05, 0.1) is 17.4 Å². The third-order valence-electron chi connectivity index (χ3n) is 2.80. The number of nitrogens with one attached hydrogen (secondary N) is 1. The van der Waals surface area contributed by atoms with E-state index in [1.807, 2.05) is 0 Å². The number of amides is 1. The number of benzene rings is 1. The molecule has 0 spiro atoms. The lowest BCUT2D eigenvalue weighted by Crippen LogP contribution is -2.41. The lowest BCUT2D eigenvalue weighted by Gasteiger charge is -2.11. The fourth-order valence-electron chi connectivity index (χ4n) is 1.65. The van der Waals surface area contributed by atoms with Crippen LogP contribution in [0.25, 0.3) is 0 Å². The molecule has 0 fully saturated rings. The van der Waals surface area contributed by atoms with Crippen LogP contribution in [0.5, 0.6) is 0 Å². The predicted octanol–water partition coefficient (Wildman–Crippen LogP) is 0.321. The first-order valence-corrected chi connectivity index (χ1v) is 5.81. The molecule has 0 aliphatic carbocycles. The van der Waals surface area contributed by atoms with Crippen molar-refractivity contribution in [3.8, 4) is 0 Å². The summed E-state index contributed by atoms with van der Waals surface area (Å²) in [7, 11) is 0. The van der Waals surface area contributed by atoms with Gasteiger partial charge in [-0.15, -0.1) is 0 Å². The number of hydrogen-bond donors (Lipinski definition) is 3. The van der Waals surface area contributed by atoms with Gasteiger partial charge in [0.25, 0.3) is 5.69 Å². The van der Waals surface area contributed by atoms with Crippen molar-refractivity contribution in [2.24, 2.45) is 5.73 Å². The molecule has 1 atom stereocenters. The molecule has 8 nitrogen and oxygen atoms in total. The summed E-state index contributed by atoms with van der Waals surface area (Å²) in [5.41, 5.74) is 6.39. The van der Waals surface area contributed by atoms with Gasteiger partial charge >= 0.3 is 5.97 Å². The van der Waals surface area contributed by atoms with Crippen LogP contribution in [0.2, 0.25) is 0 Å². The molecule has 0 aliphatic rings. The molecule has 0 aromatic heterocycles. The van der Waals surface area contributed by atoms with Crippen LogP contribution in [0, 0.1) is 17.0 Å². The average molecular weight is 281 g/mol. The number of nitrogens with two attached hydrogens (primary N) is 1. The summed E-state index contributed by atoms with van der Waals surface area (Å²) in [4.78, 5) is 32.2. The van der Waals surface area contributed by atoms with Gasteiger partial charge in [0.1, 0.15) is 0 Å². The van der Waals surface area contributed by atoms with Gasteiger partial charge in [0.2, 0.25) is 5.91 Å². The lowest BCUT2D eigenvalue weighted by molar-refractivity contribution is -0.385. The van der Waals surface area contributed by atoms with Crippen LogP contribution in [0.4, 0.5) is 5.69 Å². The van der Waals surface area contributed by atoms with E-state index in [4.69, 9.17) is 10.8 Å². The summed E-state index contributed by atoms with van der Waals surface area (Å²) >= 11 is 0. The van der Waals surface area contributed by atoms with E-state index in [0.29, 0.717) is 11.1 Å². The lowest BCUT2D eigenvalue weighted by atomic mass is 10.1. The largest absolute Gasteiger partial charge is 0.481 e. The smallest absolute Gasteiger partial charge is 0.305 e. The average Bonchev–Trinajstić information content (AvgIpc) is 2.35. The normalized spacial score (nSPS) is 11.7. The molecular formula is C12H15N3O5. The summed E-state index contributed by atoms with van der Waals surface area (Å²) in [6, 6.07) is 3.39. The maximum atomic E-state index is 11.5. The summed E-state index contributed by atoms with van der Waals surface area (Å²) in [5.74, 6) is -1.78. The Balaban J connectivity index is 2.71. The Labute approximate surface area is 114 Å². The summed E-state index contributed by atoms with van der Waals surface area (Å²) < 4.78 is 0. The van der Waals surface area contributed by atoms with Gasteiger partial charge in [-0.2, -0.15) is 0 Å². The van der Waals surface area contributed by atoms with Crippen molar-refractivity contribution in [2.45, 2.75) is 25.9 Å². The number of carbonyl (C=O) groups is 2. The molecule has 1 amide bonds.